The van der Waals surface area contributed by atoms with Crippen molar-refractivity contribution in [1.29, 1.82) is 0 Å². The number of aromatic nitrogens is 1. The van der Waals surface area contributed by atoms with Crippen molar-refractivity contribution in [3.63, 3.8) is 0 Å². The van der Waals surface area contributed by atoms with Gasteiger partial charge in [-0.05, 0) is 17.7 Å². The topological polar surface area (TPSA) is 48.0 Å². The second-order valence-corrected chi connectivity index (χ2v) is 5.35. The molecule has 0 bridgehead atoms. The summed E-state index contributed by atoms with van der Waals surface area (Å²) >= 11 is 0. The van der Waals surface area contributed by atoms with Crippen LogP contribution in [0.4, 0.5) is 0 Å². The molecular formula is C21H18N2O. The zero-order valence-electron chi connectivity index (χ0n) is 13.2. The number of carbonyl (C=O) groups excluding carboxylic acids is 1. The number of benzene rings is 2. The van der Waals surface area contributed by atoms with E-state index in [0.717, 1.165) is 17.0 Å². The maximum atomic E-state index is 12.3. The highest BCUT2D eigenvalue weighted by molar-refractivity contribution is 6.08. The lowest BCUT2D eigenvalue weighted by Crippen LogP contribution is -2.06. The molecule has 3 nitrogen and oxygen atoms in total. The molecule has 24 heavy (non-hydrogen) atoms. The largest absolute Gasteiger partial charge is 0.397 e. The molecule has 0 amide bonds. The van der Waals surface area contributed by atoms with E-state index in [1.54, 1.807) is 18.3 Å². The van der Waals surface area contributed by atoms with Crippen LogP contribution in [0.3, 0.4) is 0 Å². The third-order valence-corrected chi connectivity index (χ3v) is 3.81. The van der Waals surface area contributed by atoms with Crippen LogP contribution in [0.1, 0.15) is 16.1 Å². The van der Waals surface area contributed by atoms with E-state index in [0.29, 0.717) is 11.3 Å². The smallest absolute Gasteiger partial charge is 0.187 e. The van der Waals surface area contributed by atoms with E-state index in [1.165, 1.54) is 6.08 Å². The van der Waals surface area contributed by atoms with Crippen molar-refractivity contribution in [2.45, 2.75) is 0 Å². The minimum Gasteiger partial charge on any atom is -0.397 e. The third kappa shape index (κ3) is 3.06. The van der Waals surface area contributed by atoms with Crippen LogP contribution in [0.25, 0.3) is 23.2 Å². The fourth-order valence-corrected chi connectivity index (χ4v) is 2.63. The first-order valence-electron chi connectivity index (χ1n) is 7.67. The van der Waals surface area contributed by atoms with Crippen LogP contribution in [-0.2, 0) is 0 Å². The predicted octanol–water partition coefficient (Wildman–Crippen LogP) is 4.44. The molecule has 0 aliphatic rings. The minimum absolute atomic E-state index is 0.119. The maximum absolute atomic E-state index is 12.3. The van der Waals surface area contributed by atoms with Gasteiger partial charge >= 0.3 is 0 Å². The Morgan fingerprint density at radius 3 is 2.17 bits per heavy atom. The van der Waals surface area contributed by atoms with Crippen LogP contribution in [-0.4, -0.2) is 10.4 Å². The van der Waals surface area contributed by atoms with E-state index >= 15 is 0 Å². The van der Waals surface area contributed by atoms with Crippen LogP contribution >= 0.6 is 0 Å². The Hall–Kier alpha value is -3.33. The summed E-state index contributed by atoms with van der Waals surface area (Å²) in [5, 5.41) is 0. The van der Waals surface area contributed by atoms with Crippen molar-refractivity contribution in [3.8, 4) is 11.3 Å². The lowest BCUT2D eigenvalue weighted by atomic mass is 10.1. The Labute approximate surface area is 141 Å². The Bertz CT molecular complexity index is 890. The van der Waals surface area contributed by atoms with Crippen molar-refractivity contribution in [3.05, 3.63) is 96.7 Å². The maximum Gasteiger partial charge on any atom is 0.187 e. The first-order chi connectivity index (χ1) is 11.7. The van der Waals surface area contributed by atoms with Gasteiger partial charge in [-0.15, -0.1) is 0 Å². The Morgan fingerprint density at radius 1 is 0.917 bits per heavy atom. The summed E-state index contributed by atoms with van der Waals surface area (Å²) < 4.78 is 1.89. The Balaban J connectivity index is 1.98. The van der Waals surface area contributed by atoms with Crippen molar-refractivity contribution in [1.82, 2.24) is 4.57 Å². The third-order valence-electron chi connectivity index (χ3n) is 3.81. The summed E-state index contributed by atoms with van der Waals surface area (Å²) in [4.78, 5) is 12.3. The standard InChI is InChI=1S/C21H18N2O/c1-2-23-19(16-9-5-3-6-10-16)13-14-20(23)18(22)15-21(24)17-11-7-4-8-12-17/h2-15H,1,22H2/b18-15-. The number of nitrogens with two attached hydrogens (primary N) is 1. The molecule has 3 rings (SSSR count). The molecule has 2 N–H and O–H groups in total. The van der Waals surface area contributed by atoms with Gasteiger partial charge in [0, 0.05) is 17.8 Å². The van der Waals surface area contributed by atoms with Gasteiger partial charge in [0.15, 0.2) is 5.78 Å². The minimum atomic E-state index is -0.119. The SMILES string of the molecule is C=Cn1c(/C(N)=C/C(=O)c2ccccc2)ccc1-c1ccccc1. The zero-order chi connectivity index (χ0) is 16.9. The summed E-state index contributed by atoms with van der Waals surface area (Å²) in [6.45, 7) is 3.86. The van der Waals surface area contributed by atoms with Crippen LogP contribution in [0.15, 0.2) is 85.5 Å². The molecular weight excluding hydrogens is 296 g/mol. The molecule has 0 radical (unpaired) electrons. The predicted molar refractivity (Wildman–Crippen MR) is 99.2 cm³/mol. The van der Waals surface area contributed by atoms with E-state index in [4.69, 9.17) is 5.73 Å². The van der Waals surface area contributed by atoms with E-state index in [1.807, 2.05) is 65.2 Å². The average molecular weight is 314 g/mol. The van der Waals surface area contributed by atoms with E-state index in [9.17, 15) is 4.79 Å². The summed E-state index contributed by atoms with van der Waals surface area (Å²) in [6.07, 6.45) is 3.16. The molecule has 1 heterocycles. The normalized spacial score (nSPS) is 11.2. The highest BCUT2D eigenvalue weighted by Crippen LogP contribution is 2.25. The van der Waals surface area contributed by atoms with Crippen LogP contribution in [0, 0.1) is 0 Å². The lowest BCUT2D eigenvalue weighted by molar-refractivity contribution is 0.104. The number of carbonyl (C=O) groups is 1. The summed E-state index contributed by atoms with van der Waals surface area (Å²) in [5.74, 6) is -0.119. The van der Waals surface area contributed by atoms with Gasteiger partial charge in [0.25, 0.3) is 0 Å². The quantitative estimate of drug-likeness (QED) is 0.559. The number of hydrogen-bond donors (Lipinski definition) is 1. The summed E-state index contributed by atoms with van der Waals surface area (Å²) in [5.41, 5.74) is 9.97. The molecule has 0 aliphatic carbocycles. The molecule has 3 aromatic rings. The van der Waals surface area contributed by atoms with Gasteiger partial charge in [-0.1, -0.05) is 67.2 Å². The Morgan fingerprint density at radius 2 is 1.54 bits per heavy atom. The molecule has 0 saturated heterocycles. The fourth-order valence-electron chi connectivity index (χ4n) is 2.63. The van der Waals surface area contributed by atoms with Gasteiger partial charge in [-0.3, -0.25) is 4.79 Å². The first-order valence-corrected chi connectivity index (χ1v) is 7.67. The van der Waals surface area contributed by atoms with Crippen LogP contribution in [0.2, 0.25) is 0 Å². The number of rotatable bonds is 5. The first kappa shape index (κ1) is 15.6. The van der Waals surface area contributed by atoms with E-state index in [2.05, 4.69) is 6.58 Å². The molecule has 2 aromatic carbocycles. The van der Waals surface area contributed by atoms with Crippen LogP contribution < -0.4 is 5.73 Å². The number of nitrogens with zero attached hydrogens (tertiary/aromatic N) is 1. The highest BCUT2D eigenvalue weighted by atomic mass is 16.1. The molecule has 0 unspecified atom stereocenters. The molecule has 118 valence electrons. The molecule has 0 saturated carbocycles. The average Bonchev–Trinajstić information content (AvgIpc) is 3.07. The van der Waals surface area contributed by atoms with Gasteiger partial charge in [-0.2, -0.15) is 0 Å². The number of ketones is 1. The molecule has 0 spiro atoms. The fraction of sp³-hybridized carbons (Fsp3) is 0. The Kier molecular flexibility index (Phi) is 4.43. The molecule has 0 aliphatic heterocycles. The van der Waals surface area contributed by atoms with Gasteiger partial charge in [0.1, 0.15) is 0 Å². The summed E-state index contributed by atoms with van der Waals surface area (Å²) in [7, 11) is 0. The van der Waals surface area contributed by atoms with Crippen molar-refractivity contribution in [2.24, 2.45) is 5.73 Å². The second kappa shape index (κ2) is 6.84. The molecule has 3 heteroatoms. The number of allylic oxidation sites excluding steroid dienone is 1. The van der Waals surface area contributed by atoms with E-state index < -0.39 is 0 Å². The van der Waals surface area contributed by atoms with Gasteiger partial charge in [0.2, 0.25) is 0 Å². The monoisotopic (exact) mass is 314 g/mol. The van der Waals surface area contributed by atoms with E-state index in [-0.39, 0.29) is 5.78 Å². The van der Waals surface area contributed by atoms with Crippen molar-refractivity contribution < 1.29 is 4.79 Å². The van der Waals surface area contributed by atoms with Crippen molar-refractivity contribution in [2.75, 3.05) is 0 Å². The lowest BCUT2D eigenvalue weighted by Gasteiger charge is -2.09. The highest BCUT2D eigenvalue weighted by Gasteiger charge is 2.11. The number of hydrogen-bond acceptors (Lipinski definition) is 2. The van der Waals surface area contributed by atoms with Gasteiger partial charge in [0.05, 0.1) is 17.1 Å². The van der Waals surface area contributed by atoms with Gasteiger partial charge in [-0.25, -0.2) is 0 Å². The van der Waals surface area contributed by atoms with Crippen molar-refractivity contribution >= 4 is 17.7 Å². The summed E-state index contributed by atoms with van der Waals surface area (Å²) in [6, 6.07) is 22.9. The van der Waals surface area contributed by atoms with Crippen LogP contribution in [0.5, 0.6) is 0 Å². The molecule has 1 aromatic heterocycles. The van der Waals surface area contributed by atoms with Gasteiger partial charge < -0.3 is 10.3 Å². The zero-order valence-corrected chi connectivity index (χ0v) is 13.2. The molecule has 0 atom stereocenters. The molecule has 0 fully saturated rings. The second-order valence-electron chi connectivity index (χ2n) is 5.35.